The third kappa shape index (κ3) is 6.39. The summed E-state index contributed by atoms with van der Waals surface area (Å²) in [7, 11) is 1.88. The molecule has 1 atom stereocenters. The highest BCUT2D eigenvalue weighted by Crippen LogP contribution is 2.07. The zero-order valence-electron chi connectivity index (χ0n) is 12.1. The van der Waals surface area contributed by atoms with E-state index < -0.39 is 0 Å². The van der Waals surface area contributed by atoms with Gasteiger partial charge >= 0.3 is 0 Å². The highest BCUT2D eigenvalue weighted by Gasteiger charge is 2.11. The minimum Gasteiger partial charge on any atom is -0.346 e. The molecular formula is C16H26N2O. The molecule has 0 aliphatic heterocycles. The van der Waals surface area contributed by atoms with Crippen molar-refractivity contribution in [3.63, 3.8) is 0 Å². The Morgan fingerprint density at radius 1 is 1.26 bits per heavy atom. The largest absolute Gasteiger partial charge is 0.346 e. The van der Waals surface area contributed by atoms with Gasteiger partial charge < -0.3 is 10.6 Å². The van der Waals surface area contributed by atoms with Crippen LogP contribution in [0.2, 0.25) is 0 Å². The van der Waals surface area contributed by atoms with Gasteiger partial charge in [-0.15, -0.1) is 0 Å². The molecule has 0 aromatic heterocycles. The predicted octanol–water partition coefficient (Wildman–Crippen LogP) is 2.45. The van der Waals surface area contributed by atoms with Crippen LogP contribution in [0.3, 0.4) is 0 Å². The maximum Gasteiger partial charge on any atom is 0.222 e. The van der Waals surface area contributed by atoms with Gasteiger partial charge in [0.2, 0.25) is 5.91 Å². The molecule has 1 aromatic rings. The van der Waals surface area contributed by atoms with Gasteiger partial charge in [-0.1, -0.05) is 37.3 Å². The Bertz CT molecular complexity index is 364. The SMILES string of the molecule is CC(CN)CC(=O)N(C)CCCCc1ccccc1. The van der Waals surface area contributed by atoms with Gasteiger partial charge in [-0.25, -0.2) is 0 Å². The number of carbonyl (C=O) groups excluding carboxylic acids is 1. The minimum absolute atomic E-state index is 0.206. The number of benzene rings is 1. The Morgan fingerprint density at radius 3 is 2.58 bits per heavy atom. The van der Waals surface area contributed by atoms with E-state index in [2.05, 4.69) is 24.3 Å². The summed E-state index contributed by atoms with van der Waals surface area (Å²) in [4.78, 5) is 13.7. The van der Waals surface area contributed by atoms with Crippen LogP contribution in [0.5, 0.6) is 0 Å². The molecule has 0 radical (unpaired) electrons. The van der Waals surface area contributed by atoms with E-state index in [1.54, 1.807) is 0 Å². The Labute approximate surface area is 116 Å². The Morgan fingerprint density at radius 2 is 1.95 bits per heavy atom. The maximum atomic E-state index is 11.8. The molecule has 1 rings (SSSR count). The van der Waals surface area contributed by atoms with Gasteiger partial charge in [-0.3, -0.25) is 4.79 Å². The lowest BCUT2D eigenvalue weighted by Gasteiger charge is -2.19. The van der Waals surface area contributed by atoms with Crippen LogP contribution in [0, 0.1) is 5.92 Å². The molecule has 3 heteroatoms. The van der Waals surface area contributed by atoms with Crippen molar-refractivity contribution in [2.24, 2.45) is 11.7 Å². The van der Waals surface area contributed by atoms with Crippen molar-refractivity contribution in [3.8, 4) is 0 Å². The minimum atomic E-state index is 0.206. The summed E-state index contributed by atoms with van der Waals surface area (Å²) in [6.07, 6.45) is 3.82. The number of hydrogen-bond acceptors (Lipinski definition) is 2. The van der Waals surface area contributed by atoms with E-state index in [4.69, 9.17) is 5.73 Å². The summed E-state index contributed by atoms with van der Waals surface area (Å²) in [6, 6.07) is 10.5. The summed E-state index contributed by atoms with van der Waals surface area (Å²) in [5.41, 5.74) is 6.90. The van der Waals surface area contributed by atoms with Crippen LogP contribution in [0.4, 0.5) is 0 Å². The molecule has 0 bridgehead atoms. The lowest BCUT2D eigenvalue weighted by atomic mass is 10.1. The monoisotopic (exact) mass is 262 g/mol. The third-order valence-corrected chi connectivity index (χ3v) is 3.40. The van der Waals surface area contributed by atoms with Crippen LogP contribution in [0.1, 0.15) is 31.7 Å². The number of nitrogens with two attached hydrogens (primary N) is 1. The second-order valence-corrected chi connectivity index (χ2v) is 5.30. The van der Waals surface area contributed by atoms with Crippen LogP contribution in [0.15, 0.2) is 30.3 Å². The van der Waals surface area contributed by atoms with Gasteiger partial charge in [-0.2, -0.15) is 0 Å². The zero-order valence-corrected chi connectivity index (χ0v) is 12.1. The van der Waals surface area contributed by atoms with E-state index in [1.807, 2.05) is 24.9 Å². The predicted molar refractivity (Wildman–Crippen MR) is 79.9 cm³/mol. The van der Waals surface area contributed by atoms with Crippen molar-refractivity contribution in [1.29, 1.82) is 0 Å². The Balaban J connectivity index is 2.16. The van der Waals surface area contributed by atoms with Crippen LogP contribution >= 0.6 is 0 Å². The fourth-order valence-corrected chi connectivity index (χ4v) is 1.98. The zero-order chi connectivity index (χ0) is 14.1. The molecule has 0 aliphatic carbocycles. The molecule has 0 aliphatic rings. The summed E-state index contributed by atoms with van der Waals surface area (Å²) < 4.78 is 0. The van der Waals surface area contributed by atoms with Gasteiger partial charge in [0, 0.05) is 20.0 Å². The first-order chi connectivity index (χ1) is 9.13. The Kier molecular flexibility index (Phi) is 7.19. The first kappa shape index (κ1) is 15.7. The topological polar surface area (TPSA) is 46.3 Å². The third-order valence-electron chi connectivity index (χ3n) is 3.40. The lowest BCUT2D eigenvalue weighted by Crippen LogP contribution is -2.30. The molecule has 0 heterocycles. The maximum absolute atomic E-state index is 11.8. The van der Waals surface area contributed by atoms with Crippen LogP contribution < -0.4 is 5.73 Å². The molecule has 0 saturated heterocycles. The van der Waals surface area contributed by atoms with E-state index in [0.717, 1.165) is 25.8 Å². The van der Waals surface area contributed by atoms with Crippen LogP contribution in [-0.2, 0) is 11.2 Å². The molecule has 1 amide bonds. The molecule has 1 unspecified atom stereocenters. The fourth-order valence-electron chi connectivity index (χ4n) is 1.98. The number of carbonyl (C=O) groups is 1. The van der Waals surface area contributed by atoms with Gasteiger partial charge in [-0.05, 0) is 37.3 Å². The number of aryl methyl sites for hydroxylation is 1. The van der Waals surface area contributed by atoms with Crippen molar-refractivity contribution in [3.05, 3.63) is 35.9 Å². The molecule has 0 fully saturated rings. The lowest BCUT2D eigenvalue weighted by molar-refractivity contribution is -0.130. The van der Waals surface area contributed by atoms with E-state index >= 15 is 0 Å². The fraction of sp³-hybridized carbons (Fsp3) is 0.562. The molecule has 3 nitrogen and oxygen atoms in total. The molecule has 106 valence electrons. The number of hydrogen-bond donors (Lipinski definition) is 1. The molecular weight excluding hydrogens is 236 g/mol. The van der Waals surface area contributed by atoms with E-state index in [9.17, 15) is 4.79 Å². The number of unbranched alkanes of at least 4 members (excludes halogenated alkanes) is 1. The highest BCUT2D eigenvalue weighted by atomic mass is 16.2. The normalized spacial score (nSPS) is 12.2. The van der Waals surface area contributed by atoms with E-state index in [0.29, 0.717) is 13.0 Å². The average Bonchev–Trinajstić information content (AvgIpc) is 2.44. The van der Waals surface area contributed by atoms with Crippen molar-refractivity contribution in [2.45, 2.75) is 32.6 Å². The van der Waals surface area contributed by atoms with Gasteiger partial charge in [0.05, 0.1) is 0 Å². The standard InChI is InChI=1S/C16H26N2O/c1-14(13-17)12-16(19)18(2)11-7-6-10-15-8-4-3-5-9-15/h3-5,8-9,14H,6-7,10-13,17H2,1-2H3. The molecule has 0 spiro atoms. The van der Waals surface area contributed by atoms with Crippen LogP contribution in [-0.4, -0.2) is 30.9 Å². The van der Waals surface area contributed by atoms with Crippen molar-refractivity contribution < 1.29 is 4.79 Å². The van der Waals surface area contributed by atoms with E-state index in [1.165, 1.54) is 5.56 Å². The first-order valence-corrected chi connectivity index (χ1v) is 7.11. The first-order valence-electron chi connectivity index (χ1n) is 7.11. The summed E-state index contributed by atoms with van der Waals surface area (Å²) >= 11 is 0. The van der Waals surface area contributed by atoms with Crippen molar-refractivity contribution >= 4 is 5.91 Å². The van der Waals surface area contributed by atoms with Gasteiger partial charge in [0.15, 0.2) is 0 Å². The second-order valence-electron chi connectivity index (χ2n) is 5.30. The molecule has 0 saturated carbocycles. The molecule has 2 N–H and O–H groups in total. The van der Waals surface area contributed by atoms with Crippen molar-refractivity contribution in [1.82, 2.24) is 4.90 Å². The average molecular weight is 262 g/mol. The number of rotatable bonds is 8. The molecule has 19 heavy (non-hydrogen) atoms. The highest BCUT2D eigenvalue weighted by molar-refractivity contribution is 5.76. The quantitative estimate of drug-likeness (QED) is 0.731. The summed E-state index contributed by atoms with van der Waals surface area (Å²) in [5.74, 6) is 0.483. The Hall–Kier alpha value is -1.35. The van der Waals surface area contributed by atoms with Crippen molar-refractivity contribution in [2.75, 3.05) is 20.1 Å². The van der Waals surface area contributed by atoms with Gasteiger partial charge in [0.1, 0.15) is 0 Å². The summed E-state index contributed by atoms with van der Waals surface area (Å²) in [6.45, 7) is 3.43. The smallest absolute Gasteiger partial charge is 0.222 e. The van der Waals surface area contributed by atoms with Crippen LogP contribution in [0.25, 0.3) is 0 Å². The number of nitrogens with zero attached hydrogens (tertiary/aromatic N) is 1. The number of amides is 1. The summed E-state index contributed by atoms with van der Waals surface area (Å²) in [5, 5.41) is 0. The molecule has 1 aromatic carbocycles. The van der Waals surface area contributed by atoms with Gasteiger partial charge in [0.25, 0.3) is 0 Å². The van der Waals surface area contributed by atoms with E-state index in [-0.39, 0.29) is 11.8 Å². The second kappa shape index (κ2) is 8.70.